The first-order valence-electron chi connectivity index (χ1n) is 7.04. The van der Waals surface area contributed by atoms with Crippen LogP contribution < -0.4 is 0 Å². The molecule has 4 N–H and O–H groups in total. The van der Waals surface area contributed by atoms with E-state index in [4.69, 9.17) is 20.1 Å². The minimum atomic E-state index is -1.50. The molecule has 0 bridgehead atoms. The van der Waals surface area contributed by atoms with Crippen molar-refractivity contribution in [1.29, 1.82) is 0 Å². The SMILES string of the molecule is [N-]=[N+]=N[C@H](COCCCCCCO)[C@H]1OC(O)[C@H](O)[C@H]1O. The van der Waals surface area contributed by atoms with Crippen LogP contribution in [0.1, 0.15) is 25.7 Å². The Morgan fingerprint density at radius 3 is 2.43 bits per heavy atom. The molecule has 0 saturated carbocycles. The average Bonchev–Trinajstić information content (AvgIpc) is 2.73. The summed E-state index contributed by atoms with van der Waals surface area (Å²) in [5.74, 6) is 0. The van der Waals surface area contributed by atoms with Crippen LogP contribution in [0.2, 0.25) is 0 Å². The summed E-state index contributed by atoms with van der Waals surface area (Å²) in [6.07, 6.45) is -1.84. The van der Waals surface area contributed by atoms with Crippen molar-refractivity contribution in [3.05, 3.63) is 10.4 Å². The van der Waals surface area contributed by atoms with Crippen molar-refractivity contribution in [2.45, 2.75) is 56.3 Å². The van der Waals surface area contributed by atoms with Gasteiger partial charge in [0.25, 0.3) is 0 Å². The lowest BCUT2D eigenvalue weighted by Crippen LogP contribution is -2.40. The minimum absolute atomic E-state index is 0.0330. The number of aliphatic hydroxyl groups is 4. The zero-order chi connectivity index (χ0) is 15.7. The Hall–Kier alpha value is -0.930. The van der Waals surface area contributed by atoms with Gasteiger partial charge in [-0.2, -0.15) is 0 Å². The molecule has 0 aromatic heterocycles. The van der Waals surface area contributed by atoms with Gasteiger partial charge in [-0.1, -0.05) is 18.0 Å². The van der Waals surface area contributed by atoms with Crippen LogP contribution in [0.4, 0.5) is 0 Å². The molecule has 21 heavy (non-hydrogen) atoms. The van der Waals surface area contributed by atoms with Crippen LogP contribution in [0.3, 0.4) is 0 Å². The largest absolute Gasteiger partial charge is 0.396 e. The summed E-state index contributed by atoms with van der Waals surface area (Å²) in [7, 11) is 0. The van der Waals surface area contributed by atoms with E-state index in [0.29, 0.717) is 6.61 Å². The maximum atomic E-state index is 9.73. The summed E-state index contributed by atoms with van der Waals surface area (Å²) >= 11 is 0. The highest BCUT2D eigenvalue weighted by Gasteiger charge is 2.45. The van der Waals surface area contributed by atoms with E-state index in [9.17, 15) is 15.3 Å². The van der Waals surface area contributed by atoms with Crippen LogP contribution in [-0.2, 0) is 9.47 Å². The Labute approximate surface area is 122 Å². The standard InChI is InChI=1S/C12H23N3O6/c13-15-14-8(7-20-6-4-2-1-3-5-16)11-9(17)10(18)12(19)21-11/h8-12,16-19H,1-7H2/t8-,9-,10-,11-,12?/m1/s1. The molecule has 0 spiro atoms. The van der Waals surface area contributed by atoms with Crippen LogP contribution in [0, 0.1) is 0 Å². The number of aliphatic hydroxyl groups excluding tert-OH is 4. The number of unbranched alkanes of at least 4 members (excludes halogenated alkanes) is 3. The van der Waals surface area contributed by atoms with E-state index in [1.165, 1.54) is 0 Å². The fourth-order valence-electron chi connectivity index (χ4n) is 2.14. The van der Waals surface area contributed by atoms with Gasteiger partial charge < -0.3 is 29.9 Å². The van der Waals surface area contributed by atoms with E-state index in [2.05, 4.69) is 10.0 Å². The Morgan fingerprint density at radius 2 is 1.86 bits per heavy atom. The highest BCUT2D eigenvalue weighted by molar-refractivity contribution is 4.93. The van der Waals surface area contributed by atoms with E-state index < -0.39 is 30.6 Å². The molecule has 5 atom stereocenters. The molecule has 1 unspecified atom stereocenters. The normalized spacial score (nSPS) is 30.1. The molecule has 1 rings (SSSR count). The number of ether oxygens (including phenoxy) is 2. The molecular weight excluding hydrogens is 282 g/mol. The smallest absolute Gasteiger partial charge is 0.183 e. The van der Waals surface area contributed by atoms with Crippen molar-refractivity contribution in [2.75, 3.05) is 19.8 Å². The van der Waals surface area contributed by atoms with E-state index >= 15 is 0 Å². The van der Waals surface area contributed by atoms with Gasteiger partial charge in [-0.3, -0.25) is 0 Å². The Kier molecular flexibility index (Phi) is 8.55. The molecule has 1 aliphatic heterocycles. The third-order valence-electron chi connectivity index (χ3n) is 3.34. The fourth-order valence-corrected chi connectivity index (χ4v) is 2.14. The minimum Gasteiger partial charge on any atom is -0.396 e. The molecule has 1 saturated heterocycles. The molecule has 0 amide bonds. The molecule has 122 valence electrons. The maximum Gasteiger partial charge on any atom is 0.183 e. The Bertz CT molecular complexity index is 339. The molecular formula is C12H23N3O6. The van der Waals surface area contributed by atoms with Gasteiger partial charge in [-0.15, -0.1) is 0 Å². The van der Waals surface area contributed by atoms with Crippen molar-refractivity contribution in [1.82, 2.24) is 0 Å². The van der Waals surface area contributed by atoms with Gasteiger partial charge in [0.05, 0.1) is 12.6 Å². The summed E-state index contributed by atoms with van der Waals surface area (Å²) in [5.41, 5.74) is 8.53. The zero-order valence-corrected chi connectivity index (χ0v) is 11.8. The molecule has 1 fully saturated rings. The van der Waals surface area contributed by atoms with Crippen LogP contribution >= 0.6 is 0 Å². The van der Waals surface area contributed by atoms with Crippen LogP contribution in [0.5, 0.6) is 0 Å². The van der Waals surface area contributed by atoms with Crippen molar-refractivity contribution in [2.24, 2.45) is 5.11 Å². The molecule has 0 aromatic rings. The van der Waals surface area contributed by atoms with Gasteiger partial charge in [-0.05, 0) is 18.4 Å². The number of hydrogen-bond acceptors (Lipinski definition) is 7. The summed E-state index contributed by atoms with van der Waals surface area (Å²) < 4.78 is 10.4. The monoisotopic (exact) mass is 305 g/mol. The number of azide groups is 1. The highest BCUT2D eigenvalue weighted by Crippen LogP contribution is 2.24. The van der Waals surface area contributed by atoms with E-state index in [0.717, 1.165) is 25.7 Å². The summed E-state index contributed by atoms with van der Waals surface area (Å²) in [6, 6.07) is -0.825. The quantitative estimate of drug-likeness (QED) is 0.188. The average molecular weight is 305 g/mol. The summed E-state index contributed by atoms with van der Waals surface area (Å²) in [5, 5.41) is 40.6. The lowest BCUT2D eigenvalue weighted by molar-refractivity contribution is -0.132. The number of nitrogens with zero attached hydrogens (tertiary/aromatic N) is 3. The molecule has 0 radical (unpaired) electrons. The zero-order valence-electron chi connectivity index (χ0n) is 11.8. The number of rotatable bonds is 10. The van der Waals surface area contributed by atoms with Crippen LogP contribution in [0.15, 0.2) is 5.11 Å². The van der Waals surface area contributed by atoms with Crippen LogP contribution in [-0.4, -0.2) is 70.9 Å². The molecule has 9 nitrogen and oxygen atoms in total. The van der Waals surface area contributed by atoms with Crippen molar-refractivity contribution < 1.29 is 29.9 Å². The van der Waals surface area contributed by atoms with E-state index in [1.54, 1.807) is 0 Å². The fraction of sp³-hybridized carbons (Fsp3) is 1.00. The second-order valence-corrected chi connectivity index (χ2v) is 4.96. The first kappa shape index (κ1) is 18.1. The predicted octanol–water partition coefficient (Wildman–Crippen LogP) is -0.326. The van der Waals surface area contributed by atoms with Gasteiger partial charge in [0, 0.05) is 18.1 Å². The van der Waals surface area contributed by atoms with Crippen molar-refractivity contribution in [3.63, 3.8) is 0 Å². The van der Waals surface area contributed by atoms with Gasteiger partial charge in [0.1, 0.15) is 18.3 Å². The van der Waals surface area contributed by atoms with E-state index in [1.807, 2.05) is 0 Å². The lowest BCUT2D eigenvalue weighted by atomic mass is 10.1. The number of hydrogen-bond donors (Lipinski definition) is 4. The van der Waals surface area contributed by atoms with Gasteiger partial charge in [0.15, 0.2) is 6.29 Å². The summed E-state index contributed by atoms with van der Waals surface area (Å²) in [6.45, 7) is 0.670. The third kappa shape index (κ3) is 5.76. The Morgan fingerprint density at radius 1 is 1.14 bits per heavy atom. The Balaban J connectivity index is 2.32. The first-order chi connectivity index (χ1) is 10.1. The summed E-state index contributed by atoms with van der Waals surface area (Å²) in [4.78, 5) is 2.67. The van der Waals surface area contributed by atoms with Gasteiger partial charge in [-0.25, -0.2) is 0 Å². The predicted molar refractivity (Wildman–Crippen MR) is 72.2 cm³/mol. The van der Waals surface area contributed by atoms with Gasteiger partial charge in [0.2, 0.25) is 0 Å². The molecule has 0 aromatic carbocycles. The molecule has 0 aliphatic carbocycles. The maximum absolute atomic E-state index is 9.73. The van der Waals surface area contributed by atoms with Crippen molar-refractivity contribution >= 4 is 0 Å². The second kappa shape index (κ2) is 9.91. The lowest BCUT2D eigenvalue weighted by Gasteiger charge is -2.21. The van der Waals surface area contributed by atoms with E-state index in [-0.39, 0.29) is 13.2 Å². The molecule has 1 aliphatic rings. The second-order valence-electron chi connectivity index (χ2n) is 4.96. The van der Waals surface area contributed by atoms with Crippen molar-refractivity contribution in [3.8, 4) is 0 Å². The molecule has 1 heterocycles. The molecule has 9 heteroatoms. The first-order valence-corrected chi connectivity index (χ1v) is 7.04. The van der Waals surface area contributed by atoms with Gasteiger partial charge >= 0.3 is 0 Å². The highest BCUT2D eigenvalue weighted by atomic mass is 16.6. The topological polar surface area (TPSA) is 148 Å². The van der Waals surface area contributed by atoms with Crippen LogP contribution in [0.25, 0.3) is 10.4 Å². The third-order valence-corrected chi connectivity index (χ3v) is 3.34.